The summed E-state index contributed by atoms with van der Waals surface area (Å²) in [6, 6.07) is 11.2. The second-order valence-corrected chi connectivity index (χ2v) is 8.90. The number of aryl methyl sites for hydroxylation is 2. The van der Waals surface area contributed by atoms with E-state index in [0.717, 1.165) is 29.7 Å². The maximum atomic E-state index is 12.9. The van der Waals surface area contributed by atoms with Gasteiger partial charge in [-0.25, -0.2) is 9.78 Å². The number of aromatic nitrogens is 1. The minimum Gasteiger partial charge on any atom is -0.478 e. The third-order valence-electron chi connectivity index (χ3n) is 5.47. The van der Waals surface area contributed by atoms with Gasteiger partial charge in [0.2, 0.25) is 0 Å². The topological polar surface area (TPSA) is 92.1 Å². The highest BCUT2D eigenvalue weighted by Crippen LogP contribution is 2.33. The van der Waals surface area contributed by atoms with Crippen molar-refractivity contribution in [2.45, 2.75) is 59.5 Å². The fraction of sp³-hybridized carbons (Fsp3) is 0.417. The average molecular weight is 424 g/mol. The van der Waals surface area contributed by atoms with Crippen molar-refractivity contribution in [1.29, 1.82) is 0 Å². The zero-order valence-electron chi connectivity index (χ0n) is 18.7. The molecule has 7 nitrogen and oxygen atoms in total. The number of pyridine rings is 1. The van der Waals surface area contributed by atoms with E-state index in [0.29, 0.717) is 18.0 Å². The standard InChI is InChI=1S/C24H29N3O4/c1-16-9-14-20(25-15-16)27-21(28)23(2,3)19(26-27)8-6-7-17-10-12-18(13-11-17)31-24(4,5)22(29)30/h9-15H,6-8H2,1-5H3,(H,29,30). The van der Waals surface area contributed by atoms with Crippen LogP contribution in [0.5, 0.6) is 5.75 Å². The van der Waals surface area contributed by atoms with E-state index in [9.17, 15) is 14.7 Å². The Balaban J connectivity index is 1.61. The quantitative estimate of drug-likeness (QED) is 0.680. The molecule has 1 aliphatic heterocycles. The number of ether oxygens (including phenoxy) is 1. The molecule has 1 aromatic heterocycles. The zero-order valence-corrected chi connectivity index (χ0v) is 18.7. The molecule has 0 atom stereocenters. The molecule has 3 rings (SSSR count). The summed E-state index contributed by atoms with van der Waals surface area (Å²) in [4.78, 5) is 28.4. The van der Waals surface area contributed by atoms with Gasteiger partial charge in [-0.15, -0.1) is 0 Å². The maximum absolute atomic E-state index is 12.9. The molecule has 0 unspecified atom stereocenters. The SMILES string of the molecule is Cc1ccc(N2N=C(CCCc3ccc(OC(C)(C)C(=O)O)cc3)C(C)(C)C2=O)nc1. The molecule has 0 saturated carbocycles. The van der Waals surface area contributed by atoms with Gasteiger partial charge >= 0.3 is 5.97 Å². The van der Waals surface area contributed by atoms with Crippen LogP contribution in [-0.2, 0) is 16.0 Å². The number of rotatable bonds is 8. The molecule has 2 aromatic rings. The van der Waals surface area contributed by atoms with E-state index in [-0.39, 0.29) is 5.91 Å². The van der Waals surface area contributed by atoms with E-state index in [1.54, 1.807) is 18.3 Å². The van der Waals surface area contributed by atoms with Crippen molar-refractivity contribution in [3.63, 3.8) is 0 Å². The van der Waals surface area contributed by atoms with Gasteiger partial charge in [0.05, 0.1) is 11.1 Å². The van der Waals surface area contributed by atoms with Crippen molar-refractivity contribution in [2.24, 2.45) is 10.5 Å². The first-order valence-corrected chi connectivity index (χ1v) is 10.4. The molecule has 1 amide bonds. The van der Waals surface area contributed by atoms with Crippen LogP contribution in [0.25, 0.3) is 0 Å². The van der Waals surface area contributed by atoms with Crippen LogP contribution in [0, 0.1) is 12.3 Å². The number of amides is 1. The highest BCUT2D eigenvalue weighted by molar-refractivity contribution is 6.18. The molecule has 164 valence electrons. The lowest BCUT2D eigenvalue weighted by molar-refractivity contribution is -0.152. The number of carbonyl (C=O) groups is 2. The van der Waals surface area contributed by atoms with Crippen LogP contribution < -0.4 is 9.75 Å². The van der Waals surface area contributed by atoms with Gasteiger partial charge in [-0.05, 0) is 83.2 Å². The molecular formula is C24H29N3O4. The number of aliphatic carboxylic acids is 1. The van der Waals surface area contributed by atoms with Crippen LogP contribution in [0.15, 0.2) is 47.7 Å². The first-order chi connectivity index (χ1) is 14.5. The molecule has 7 heteroatoms. The average Bonchev–Trinajstić information content (AvgIpc) is 2.93. The summed E-state index contributed by atoms with van der Waals surface area (Å²) in [5, 5.41) is 15.2. The Morgan fingerprint density at radius 3 is 2.39 bits per heavy atom. The number of carboxylic acid groups (broad SMARTS) is 1. The van der Waals surface area contributed by atoms with E-state index in [4.69, 9.17) is 4.74 Å². The number of hydrazone groups is 1. The van der Waals surface area contributed by atoms with E-state index >= 15 is 0 Å². The number of carboxylic acids is 1. The zero-order chi connectivity index (χ0) is 22.8. The van der Waals surface area contributed by atoms with Gasteiger partial charge < -0.3 is 9.84 Å². The van der Waals surface area contributed by atoms with E-state index < -0.39 is 17.0 Å². The lowest BCUT2D eigenvalue weighted by atomic mass is 9.84. The number of anilines is 1. The second-order valence-electron chi connectivity index (χ2n) is 8.90. The molecule has 0 radical (unpaired) electrons. The summed E-state index contributed by atoms with van der Waals surface area (Å²) in [6.45, 7) is 8.79. The van der Waals surface area contributed by atoms with Gasteiger partial charge in [0, 0.05) is 6.20 Å². The van der Waals surface area contributed by atoms with Crippen LogP contribution >= 0.6 is 0 Å². The van der Waals surface area contributed by atoms with Gasteiger partial charge in [-0.3, -0.25) is 4.79 Å². The third kappa shape index (κ3) is 4.93. The summed E-state index contributed by atoms with van der Waals surface area (Å²) in [6.07, 6.45) is 4.08. The minimum atomic E-state index is -1.28. The van der Waals surface area contributed by atoms with Crippen LogP contribution in [0.4, 0.5) is 5.82 Å². The monoisotopic (exact) mass is 423 g/mol. The summed E-state index contributed by atoms with van der Waals surface area (Å²) in [7, 11) is 0. The van der Waals surface area contributed by atoms with Gasteiger partial charge in [0.25, 0.3) is 5.91 Å². The molecular weight excluding hydrogens is 394 g/mol. The molecule has 31 heavy (non-hydrogen) atoms. The summed E-state index contributed by atoms with van der Waals surface area (Å²) < 4.78 is 5.54. The molecule has 0 saturated heterocycles. The summed E-state index contributed by atoms with van der Waals surface area (Å²) in [5.74, 6) is -0.0230. The van der Waals surface area contributed by atoms with Gasteiger partial charge in [-0.1, -0.05) is 18.2 Å². The Morgan fingerprint density at radius 1 is 1.13 bits per heavy atom. The highest BCUT2D eigenvalue weighted by atomic mass is 16.5. The highest BCUT2D eigenvalue weighted by Gasteiger charge is 2.43. The predicted molar refractivity (Wildman–Crippen MR) is 119 cm³/mol. The van der Waals surface area contributed by atoms with Crippen molar-refractivity contribution in [3.8, 4) is 5.75 Å². The van der Waals surface area contributed by atoms with Gasteiger partial charge in [0.15, 0.2) is 11.4 Å². The molecule has 1 aromatic carbocycles. The number of hydrogen-bond acceptors (Lipinski definition) is 5. The largest absolute Gasteiger partial charge is 0.478 e. The molecule has 2 heterocycles. The fourth-order valence-electron chi connectivity index (χ4n) is 3.30. The Kier molecular flexibility index (Phi) is 6.15. The number of carbonyl (C=O) groups excluding carboxylic acids is 1. The molecule has 0 aliphatic carbocycles. The van der Waals surface area contributed by atoms with E-state index in [2.05, 4.69) is 10.1 Å². The van der Waals surface area contributed by atoms with Crippen molar-refractivity contribution >= 4 is 23.4 Å². The smallest absolute Gasteiger partial charge is 0.347 e. The minimum absolute atomic E-state index is 0.0681. The first kappa shape index (κ1) is 22.5. The predicted octanol–water partition coefficient (Wildman–Crippen LogP) is 4.38. The fourth-order valence-corrected chi connectivity index (χ4v) is 3.30. The van der Waals surface area contributed by atoms with Gasteiger partial charge in [-0.2, -0.15) is 10.1 Å². The molecule has 0 bridgehead atoms. The molecule has 1 aliphatic rings. The van der Waals surface area contributed by atoms with Gasteiger partial charge in [0.1, 0.15) is 5.75 Å². The van der Waals surface area contributed by atoms with Crippen molar-refractivity contribution < 1.29 is 19.4 Å². The summed E-state index contributed by atoms with van der Waals surface area (Å²) in [5.41, 5.74) is 1.05. The molecule has 0 spiro atoms. The van der Waals surface area contributed by atoms with Crippen molar-refractivity contribution in [2.75, 3.05) is 5.01 Å². The van der Waals surface area contributed by atoms with Crippen LogP contribution in [0.2, 0.25) is 0 Å². The summed E-state index contributed by atoms with van der Waals surface area (Å²) >= 11 is 0. The van der Waals surface area contributed by atoms with Crippen molar-refractivity contribution in [3.05, 3.63) is 53.7 Å². The third-order valence-corrected chi connectivity index (χ3v) is 5.47. The second kappa shape index (κ2) is 8.49. The van der Waals surface area contributed by atoms with E-state index in [1.807, 2.05) is 45.0 Å². The molecule has 1 N–H and O–H groups in total. The lowest BCUT2D eigenvalue weighted by Gasteiger charge is -2.21. The number of hydrogen-bond donors (Lipinski definition) is 1. The van der Waals surface area contributed by atoms with Crippen LogP contribution in [-0.4, -0.2) is 33.3 Å². The Bertz CT molecular complexity index is 992. The number of nitrogens with zero attached hydrogens (tertiary/aromatic N) is 3. The first-order valence-electron chi connectivity index (χ1n) is 10.4. The van der Waals surface area contributed by atoms with Crippen LogP contribution in [0.3, 0.4) is 0 Å². The Morgan fingerprint density at radius 2 is 1.81 bits per heavy atom. The van der Waals surface area contributed by atoms with E-state index in [1.165, 1.54) is 18.9 Å². The Hall–Kier alpha value is -3.22. The van der Waals surface area contributed by atoms with Crippen molar-refractivity contribution in [1.82, 2.24) is 4.98 Å². The normalized spacial score (nSPS) is 15.7. The van der Waals surface area contributed by atoms with Crippen LogP contribution in [0.1, 0.15) is 51.7 Å². The maximum Gasteiger partial charge on any atom is 0.347 e. The molecule has 0 fully saturated rings. The lowest BCUT2D eigenvalue weighted by Crippen LogP contribution is -2.37. The number of benzene rings is 1. The Labute approximate surface area is 182 Å².